The van der Waals surface area contributed by atoms with Gasteiger partial charge < -0.3 is 15.0 Å². The predicted octanol–water partition coefficient (Wildman–Crippen LogP) is 3.49. The van der Waals surface area contributed by atoms with Crippen LogP contribution in [0.25, 0.3) is 0 Å². The zero-order chi connectivity index (χ0) is 20.4. The van der Waals surface area contributed by atoms with Crippen molar-refractivity contribution in [2.45, 2.75) is 45.1 Å². The number of nitrogens with one attached hydrogen (secondary N) is 1. The van der Waals surface area contributed by atoms with Gasteiger partial charge in [0.2, 0.25) is 5.91 Å². The number of hydrogen-bond donors (Lipinski definition) is 1. The van der Waals surface area contributed by atoms with Crippen molar-refractivity contribution in [3.8, 4) is 0 Å². The minimum Gasteiger partial charge on any atom is -0.452 e. The van der Waals surface area contributed by atoms with Gasteiger partial charge in [0, 0.05) is 12.5 Å². The molecule has 1 aliphatic heterocycles. The standard InChI is InChI=1S/C23H24N2O4/c1-15-12-21(26)24-19-8-4-5-9-20(19)25(15)22(27)14-29-23(28)18-11-10-16-6-2-3-7-17(16)13-18/h4-5,8-11,13,15H,2-3,6-7,12,14H2,1H3,(H,24,26)/t15-/m1/s1. The van der Waals surface area contributed by atoms with Gasteiger partial charge in [-0.15, -0.1) is 0 Å². The number of amides is 2. The summed E-state index contributed by atoms with van der Waals surface area (Å²) in [4.78, 5) is 39.0. The van der Waals surface area contributed by atoms with Gasteiger partial charge in [-0.3, -0.25) is 9.59 Å². The molecule has 6 heteroatoms. The van der Waals surface area contributed by atoms with Crippen LogP contribution >= 0.6 is 0 Å². The number of carbonyl (C=O) groups excluding carboxylic acids is 3. The number of carbonyl (C=O) groups is 3. The zero-order valence-corrected chi connectivity index (χ0v) is 16.4. The molecule has 150 valence electrons. The van der Waals surface area contributed by atoms with Crippen LogP contribution in [0.4, 0.5) is 11.4 Å². The van der Waals surface area contributed by atoms with E-state index < -0.39 is 5.97 Å². The second-order valence-electron chi connectivity index (χ2n) is 7.65. The van der Waals surface area contributed by atoms with E-state index in [1.54, 1.807) is 24.3 Å². The molecule has 1 atom stereocenters. The van der Waals surface area contributed by atoms with Crippen LogP contribution in [0.1, 0.15) is 47.7 Å². The summed E-state index contributed by atoms with van der Waals surface area (Å²) >= 11 is 0. The van der Waals surface area contributed by atoms with E-state index in [1.165, 1.54) is 22.4 Å². The molecule has 1 aliphatic carbocycles. The number of benzene rings is 2. The first kappa shape index (κ1) is 19.2. The Labute approximate surface area is 169 Å². The van der Waals surface area contributed by atoms with Crippen molar-refractivity contribution in [2.75, 3.05) is 16.8 Å². The predicted molar refractivity (Wildman–Crippen MR) is 110 cm³/mol. The lowest BCUT2D eigenvalue weighted by Crippen LogP contribution is -2.41. The lowest BCUT2D eigenvalue weighted by molar-refractivity contribution is -0.122. The quantitative estimate of drug-likeness (QED) is 0.812. The van der Waals surface area contributed by atoms with E-state index >= 15 is 0 Å². The lowest BCUT2D eigenvalue weighted by atomic mass is 9.90. The van der Waals surface area contributed by atoms with Crippen LogP contribution in [-0.2, 0) is 27.2 Å². The number of ether oxygens (including phenoxy) is 1. The summed E-state index contributed by atoms with van der Waals surface area (Å²) in [6.07, 6.45) is 4.50. The molecule has 29 heavy (non-hydrogen) atoms. The molecule has 2 aromatic carbocycles. The first-order valence-corrected chi connectivity index (χ1v) is 10.0. The molecule has 1 N–H and O–H groups in total. The highest BCUT2D eigenvalue weighted by Gasteiger charge is 2.30. The maximum Gasteiger partial charge on any atom is 0.338 e. The third kappa shape index (κ3) is 4.01. The Morgan fingerprint density at radius 1 is 1.10 bits per heavy atom. The Bertz CT molecular complexity index is 969. The maximum atomic E-state index is 12.9. The molecular formula is C23H24N2O4. The van der Waals surface area contributed by atoms with Crippen LogP contribution in [0.2, 0.25) is 0 Å². The monoisotopic (exact) mass is 392 g/mol. The van der Waals surface area contributed by atoms with Gasteiger partial charge >= 0.3 is 5.97 Å². The molecule has 0 fully saturated rings. The Balaban J connectivity index is 1.48. The van der Waals surface area contributed by atoms with Gasteiger partial charge in [-0.25, -0.2) is 4.79 Å². The Morgan fingerprint density at radius 2 is 1.86 bits per heavy atom. The fraction of sp³-hybridized carbons (Fsp3) is 0.348. The summed E-state index contributed by atoms with van der Waals surface area (Å²) in [6.45, 7) is 1.44. The van der Waals surface area contributed by atoms with Crippen LogP contribution in [-0.4, -0.2) is 30.4 Å². The summed E-state index contributed by atoms with van der Waals surface area (Å²) in [5.41, 5.74) is 4.14. The minimum atomic E-state index is -0.503. The summed E-state index contributed by atoms with van der Waals surface area (Å²) in [5, 5.41) is 2.82. The van der Waals surface area contributed by atoms with Gasteiger partial charge in [-0.2, -0.15) is 0 Å². The largest absolute Gasteiger partial charge is 0.452 e. The van der Waals surface area contributed by atoms with Crippen LogP contribution < -0.4 is 10.2 Å². The molecule has 0 aromatic heterocycles. The molecule has 6 nitrogen and oxygen atoms in total. The Morgan fingerprint density at radius 3 is 2.69 bits per heavy atom. The SMILES string of the molecule is C[C@@H]1CC(=O)Nc2ccccc2N1C(=O)COC(=O)c1ccc2c(c1)CCCC2. The van der Waals surface area contributed by atoms with Gasteiger partial charge in [-0.05, 0) is 68.0 Å². The third-order valence-electron chi connectivity index (χ3n) is 5.54. The third-order valence-corrected chi connectivity index (χ3v) is 5.54. The van der Waals surface area contributed by atoms with E-state index in [-0.39, 0.29) is 30.9 Å². The topological polar surface area (TPSA) is 75.7 Å². The van der Waals surface area contributed by atoms with Crippen molar-refractivity contribution in [3.63, 3.8) is 0 Å². The second kappa shape index (κ2) is 8.07. The molecular weight excluding hydrogens is 368 g/mol. The lowest BCUT2D eigenvalue weighted by Gasteiger charge is -2.27. The van der Waals surface area contributed by atoms with Crippen molar-refractivity contribution in [1.29, 1.82) is 0 Å². The van der Waals surface area contributed by atoms with Crippen molar-refractivity contribution in [3.05, 3.63) is 59.2 Å². The second-order valence-corrected chi connectivity index (χ2v) is 7.65. The molecule has 0 unspecified atom stereocenters. The normalized spacial score (nSPS) is 18.2. The average Bonchev–Trinajstić information content (AvgIpc) is 2.85. The van der Waals surface area contributed by atoms with Crippen molar-refractivity contribution < 1.29 is 19.1 Å². The van der Waals surface area contributed by atoms with Gasteiger partial charge in [-0.1, -0.05) is 18.2 Å². The van der Waals surface area contributed by atoms with Gasteiger partial charge in [0.25, 0.3) is 5.91 Å². The molecule has 0 saturated heterocycles. The minimum absolute atomic E-state index is 0.147. The number of hydrogen-bond acceptors (Lipinski definition) is 4. The van der Waals surface area contributed by atoms with Gasteiger partial charge in [0.15, 0.2) is 6.61 Å². The number of para-hydroxylation sites is 2. The molecule has 0 saturated carbocycles. The first-order chi connectivity index (χ1) is 14.0. The van der Waals surface area contributed by atoms with E-state index in [4.69, 9.17) is 4.74 Å². The highest BCUT2D eigenvalue weighted by Crippen LogP contribution is 2.31. The van der Waals surface area contributed by atoms with Crippen LogP contribution in [0.3, 0.4) is 0 Å². The number of aryl methyl sites for hydroxylation is 2. The number of esters is 1. The molecule has 0 bridgehead atoms. The van der Waals surface area contributed by atoms with Crippen molar-refractivity contribution >= 4 is 29.2 Å². The molecule has 4 rings (SSSR count). The van der Waals surface area contributed by atoms with E-state index in [1.807, 2.05) is 25.1 Å². The summed E-state index contributed by atoms with van der Waals surface area (Å²) in [7, 11) is 0. The number of fused-ring (bicyclic) bond motifs is 2. The molecule has 0 spiro atoms. The fourth-order valence-corrected chi connectivity index (χ4v) is 4.11. The fourth-order valence-electron chi connectivity index (χ4n) is 4.11. The molecule has 0 radical (unpaired) electrons. The highest BCUT2D eigenvalue weighted by atomic mass is 16.5. The molecule has 2 amide bonds. The summed E-state index contributed by atoms with van der Waals surface area (Å²) in [5.74, 6) is -1.00. The van der Waals surface area contributed by atoms with Crippen LogP contribution in [0.5, 0.6) is 0 Å². The van der Waals surface area contributed by atoms with Gasteiger partial charge in [0.05, 0.1) is 16.9 Å². The van der Waals surface area contributed by atoms with E-state index in [0.717, 1.165) is 19.3 Å². The molecule has 1 heterocycles. The van der Waals surface area contributed by atoms with Gasteiger partial charge in [0.1, 0.15) is 0 Å². The van der Waals surface area contributed by atoms with Crippen LogP contribution in [0.15, 0.2) is 42.5 Å². The van der Waals surface area contributed by atoms with E-state index in [9.17, 15) is 14.4 Å². The average molecular weight is 392 g/mol. The number of rotatable bonds is 3. The first-order valence-electron chi connectivity index (χ1n) is 10.0. The van der Waals surface area contributed by atoms with Crippen LogP contribution in [0, 0.1) is 0 Å². The maximum absolute atomic E-state index is 12.9. The highest BCUT2D eigenvalue weighted by molar-refractivity contribution is 6.05. The molecule has 2 aromatic rings. The van der Waals surface area contributed by atoms with E-state index in [0.29, 0.717) is 16.9 Å². The molecule has 2 aliphatic rings. The Hall–Kier alpha value is -3.15. The van der Waals surface area contributed by atoms with E-state index in [2.05, 4.69) is 5.32 Å². The van der Waals surface area contributed by atoms with Crippen molar-refractivity contribution in [1.82, 2.24) is 0 Å². The summed E-state index contributed by atoms with van der Waals surface area (Å²) in [6, 6.07) is 12.4. The number of anilines is 2. The smallest absolute Gasteiger partial charge is 0.338 e. The number of nitrogens with zero attached hydrogens (tertiary/aromatic N) is 1. The Kier molecular flexibility index (Phi) is 5.34. The van der Waals surface area contributed by atoms with Crippen molar-refractivity contribution in [2.24, 2.45) is 0 Å². The summed E-state index contributed by atoms with van der Waals surface area (Å²) < 4.78 is 5.33. The zero-order valence-electron chi connectivity index (χ0n) is 16.4.